The SMILES string of the molecule is Cc1cccc(C(NC(=O)C2CCN(Cc3nc(-c4cccs4)no3)CC2)c2ccccc2)c1. The Morgan fingerprint density at radius 3 is 2.62 bits per heavy atom. The van der Waals surface area contributed by atoms with Crippen molar-refractivity contribution in [2.24, 2.45) is 5.92 Å². The Bertz CT molecular complexity index is 1210. The van der Waals surface area contributed by atoms with E-state index in [1.54, 1.807) is 11.3 Å². The number of piperidine rings is 1. The molecule has 5 rings (SSSR count). The average Bonchev–Trinajstić information content (AvgIpc) is 3.56. The van der Waals surface area contributed by atoms with Crippen LogP contribution in [0.25, 0.3) is 10.7 Å². The van der Waals surface area contributed by atoms with E-state index < -0.39 is 0 Å². The third-order valence-corrected chi connectivity index (χ3v) is 7.19. The molecule has 1 atom stereocenters. The van der Waals surface area contributed by atoms with Crippen LogP contribution in [0.5, 0.6) is 0 Å². The molecule has 3 heterocycles. The highest BCUT2D eigenvalue weighted by Crippen LogP contribution is 2.26. The summed E-state index contributed by atoms with van der Waals surface area (Å²) < 4.78 is 5.45. The monoisotopic (exact) mass is 472 g/mol. The minimum atomic E-state index is -0.152. The lowest BCUT2D eigenvalue weighted by atomic mass is 9.93. The van der Waals surface area contributed by atoms with Crippen LogP contribution in [-0.2, 0) is 11.3 Å². The van der Waals surface area contributed by atoms with Crippen LogP contribution in [0.1, 0.15) is 41.5 Å². The molecule has 2 aromatic carbocycles. The molecule has 1 unspecified atom stereocenters. The van der Waals surface area contributed by atoms with Crippen molar-refractivity contribution >= 4 is 17.2 Å². The van der Waals surface area contributed by atoms with E-state index in [1.165, 1.54) is 5.56 Å². The molecule has 34 heavy (non-hydrogen) atoms. The molecule has 1 aliphatic rings. The highest BCUT2D eigenvalue weighted by molar-refractivity contribution is 7.13. The molecule has 1 saturated heterocycles. The fourth-order valence-electron chi connectivity index (χ4n) is 4.48. The summed E-state index contributed by atoms with van der Waals surface area (Å²) in [4.78, 5) is 21.1. The molecule has 2 aromatic heterocycles. The zero-order valence-corrected chi connectivity index (χ0v) is 20.0. The molecule has 7 heteroatoms. The molecule has 1 aliphatic heterocycles. The number of aryl methyl sites for hydroxylation is 1. The Kier molecular flexibility index (Phi) is 6.83. The van der Waals surface area contributed by atoms with Crippen LogP contribution in [-0.4, -0.2) is 34.0 Å². The maximum atomic E-state index is 13.3. The maximum absolute atomic E-state index is 13.3. The number of nitrogens with one attached hydrogen (secondary N) is 1. The van der Waals surface area contributed by atoms with E-state index in [0.29, 0.717) is 18.3 Å². The molecular weight excluding hydrogens is 444 g/mol. The summed E-state index contributed by atoms with van der Waals surface area (Å²) in [6.45, 7) is 4.35. The number of aromatic nitrogens is 2. The van der Waals surface area contributed by atoms with Crippen molar-refractivity contribution < 1.29 is 9.32 Å². The van der Waals surface area contributed by atoms with Crippen molar-refractivity contribution in [3.8, 4) is 10.7 Å². The second-order valence-electron chi connectivity index (χ2n) is 8.81. The second-order valence-corrected chi connectivity index (χ2v) is 9.75. The first-order chi connectivity index (χ1) is 16.7. The summed E-state index contributed by atoms with van der Waals surface area (Å²) >= 11 is 1.60. The Morgan fingerprint density at radius 1 is 1.09 bits per heavy atom. The zero-order valence-electron chi connectivity index (χ0n) is 19.2. The summed E-state index contributed by atoms with van der Waals surface area (Å²) in [5, 5.41) is 9.43. The Labute approximate surface area is 203 Å². The summed E-state index contributed by atoms with van der Waals surface area (Å²) in [5.74, 6) is 1.38. The molecule has 1 N–H and O–H groups in total. The van der Waals surface area contributed by atoms with E-state index in [2.05, 4.69) is 57.6 Å². The number of hydrogen-bond acceptors (Lipinski definition) is 6. The average molecular weight is 473 g/mol. The highest BCUT2D eigenvalue weighted by Gasteiger charge is 2.28. The molecule has 1 amide bonds. The molecule has 174 valence electrons. The van der Waals surface area contributed by atoms with Crippen LogP contribution >= 0.6 is 11.3 Å². The van der Waals surface area contributed by atoms with E-state index in [9.17, 15) is 4.79 Å². The Morgan fingerprint density at radius 2 is 1.88 bits per heavy atom. The third kappa shape index (κ3) is 5.26. The number of hydrogen-bond donors (Lipinski definition) is 1. The minimum Gasteiger partial charge on any atom is -0.345 e. The molecular formula is C27H28N4O2S. The van der Waals surface area contributed by atoms with Gasteiger partial charge in [-0.05, 0) is 55.4 Å². The van der Waals surface area contributed by atoms with Gasteiger partial charge >= 0.3 is 0 Å². The van der Waals surface area contributed by atoms with Crippen molar-refractivity contribution in [1.82, 2.24) is 20.4 Å². The first kappa shape index (κ1) is 22.5. The molecule has 4 aromatic rings. The number of rotatable bonds is 7. The van der Waals surface area contributed by atoms with Gasteiger partial charge in [-0.1, -0.05) is 71.4 Å². The standard InChI is InChI=1S/C27H28N4O2S/c1-19-7-5-10-22(17-19)25(20-8-3-2-4-9-20)29-27(32)21-12-14-31(15-13-21)18-24-28-26(30-33-24)23-11-6-16-34-23/h2-11,16-17,21,25H,12-15,18H2,1H3,(H,29,32). The molecule has 0 radical (unpaired) electrons. The van der Waals surface area contributed by atoms with Gasteiger partial charge in [0.15, 0.2) is 0 Å². The second kappa shape index (κ2) is 10.3. The van der Waals surface area contributed by atoms with Crippen molar-refractivity contribution in [3.63, 3.8) is 0 Å². The van der Waals surface area contributed by atoms with Crippen molar-refractivity contribution in [3.05, 3.63) is 94.7 Å². The fraction of sp³-hybridized carbons (Fsp3) is 0.296. The lowest BCUT2D eigenvalue weighted by molar-refractivity contribution is -0.127. The normalized spacial score (nSPS) is 15.8. The van der Waals surface area contributed by atoms with Crippen LogP contribution in [0.15, 0.2) is 76.6 Å². The molecule has 1 fully saturated rings. The van der Waals surface area contributed by atoms with Gasteiger partial charge in [-0.15, -0.1) is 11.3 Å². The van der Waals surface area contributed by atoms with Crippen LogP contribution < -0.4 is 5.32 Å². The van der Waals surface area contributed by atoms with Crippen molar-refractivity contribution in [2.75, 3.05) is 13.1 Å². The topological polar surface area (TPSA) is 71.3 Å². The van der Waals surface area contributed by atoms with Crippen LogP contribution in [0.3, 0.4) is 0 Å². The van der Waals surface area contributed by atoms with E-state index in [0.717, 1.165) is 41.9 Å². The van der Waals surface area contributed by atoms with Gasteiger partial charge in [0.25, 0.3) is 0 Å². The number of carbonyl (C=O) groups excluding carboxylic acids is 1. The smallest absolute Gasteiger partial charge is 0.241 e. The maximum Gasteiger partial charge on any atom is 0.241 e. The Balaban J connectivity index is 1.20. The summed E-state index contributed by atoms with van der Waals surface area (Å²) in [7, 11) is 0. The van der Waals surface area contributed by atoms with Gasteiger partial charge in [0.05, 0.1) is 17.5 Å². The van der Waals surface area contributed by atoms with E-state index in [4.69, 9.17) is 4.52 Å². The molecule has 6 nitrogen and oxygen atoms in total. The number of nitrogens with zero attached hydrogens (tertiary/aromatic N) is 3. The third-order valence-electron chi connectivity index (χ3n) is 6.32. The summed E-state index contributed by atoms with van der Waals surface area (Å²) in [5.41, 5.74) is 3.39. The van der Waals surface area contributed by atoms with E-state index in [-0.39, 0.29) is 17.9 Å². The number of carbonyl (C=O) groups is 1. The van der Waals surface area contributed by atoms with Crippen LogP contribution in [0.4, 0.5) is 0 Å². The number of benzene rings is 2. The highest BCUT2D eigenvalue weighted by atomic mass is 32.1. The molecule has 0 aliphatic carbocycles. The van der Waals surface area contributed by atoms with Gasteiger partial charge in [-0.2, -0.15) is 4.98 Å². The lowest BCUT2D eigenvalue weighted by Crippen LogP contribution is -2.41. The number of thiophene rings is 1. The van der Waals surface area contributed by atoms with Gasteiger partial charge in [0, 0.05) is 5.92 Å². The van der Waals surface area contributed by atoms with Crippen LogP contribution in [0, 0.1) is 12.8 Å². The minimum absolute atomic E-state index is 0.00311. The van der Waals surface area contributed by atoms with Crippen molar-refractivity contribution in [1.29, 1.82) is 0 Å². The van der Waals surface area contributed by atoms with Crippen molar-refractivity contribution in [2.45, 2.75) is 32.4 Å². The van der Waals surface area contributed by atoms with Gasteiger partial charge in [-0.3, -0.25) is 9.69 Å². The predicted molar refractivity (Wildman–Crippen MR) is 133 cm³/mol. The van der Waals surface area contributed by atoms with Gasteiger partial charge in [0.2, 0.25) is 17.6 Å². The van der Waals surface area contributed by atoms with Gasteiger partial charge < -0.3 is 9.84 Å². The first-order valence-electron chi connectivity index (χ1n) is 11.7. The number of amides is 1. The largest absolute Gasteiger partial charge is 0.345 e. The zero-order chi connectivity index (χ0) is 23.3. The number of likely N-dealkylation sites (tertiary alicyclic amines) is 1. The summed E-state index contributed by atoms with van der Waals surface area (Å²) in [6, 6.07) is 22.4. The quantitative estimate of drug-likeness (QED) is 0.399. The first-order valence-corrected chi connectivity index (χ1v) is 12.5. The van der Waals surface area contributed by atoms with Gasteiger partial charge in [-0.25, -0.2) is 0 Å². The van der Waals surface area contributed by atoms with Gasteiger partial charge in [0.1, 0.15) is 0 Å². The van der Waals surface area contributed by atoms with Crippen LogP contribution in [0.2, 0.25) is 0 Å². The molecule has 0 bridgehead atoms. The lowest BCUT2D eigenvalue weighted by Gasteiger charge is -2.31. The predicted octanol–water partition coefficient (Wildman–Crippen LogP) is 5.22. The molecule has 0 spiro atoms. The Hall–Kier alpha value is -3.29. The molecule has 0 saturated carbocycles. The van der Waals surface area contributed by atoms with E-state index >= 15 is 0 Å². The fourth-order valence-corrected chi connectivity index (χ4v) is 5.13. The summed E-state index contributed by atoms with van der Waals surface area (Å²) in [6.07, 6.45) is 1.63. The van der Waals surface area contributed by atoms with E-state index in [1.807, 2.05) is 41.8 Å².